The molecule has 0 radical (unpaired) electrons. The molecule has 2 aliphatic heterocycles. The lowest BCUT2D eigenvalue weighted by molar-refractivity contribution is -0.401. The number of fused-ring (bicyclic) bond motifs is 6. The summed E-state index contributed by atoms with van der Waals surface area (Å²) in [7, 11) is 4.46. The highest BCUT2D eigenvalue weighted by molar-refractivity contribution is 6.26. The summed E-state index contributed by atoms with van der Waals surface area (Å²) in [5, 5.41) is 5.31. The van der Waals surface area contributed by atoms with Crippen LogP contribution in [0.25, 0.3) is 21.5 Å². The minimum Gasteiger partial charge on any atom is -0.347 e. The van der Waals surface area contributed by atoms with Crippen molar-refractivity contribution in [3.8, 4) is 0 Å². The standard InChI is InChI=1S/C40H44ClN2/c1-38(2)34(42(5)32-21-19-27-14-9-11-17-30(27)36(32)38)23-25-40(41)24-13-7-8-16-29(40)26-35-39(3,4)37-31-18-12-10-15-28(31)20-22-33(37)43(35)6/h9-12,14-15,17-23,25-26,29H,7-8,13,16,24H2,1-6H3/q+1/b25-23+,35-26+. The molecular formula is C40H44ClN2+. The number of likely N-dealkylation sites (N-methyl/N-ethyl adjacent to an activating group) is 1. The molecular weight excluding hydrogens is 544 g/mol. The fourth-order valence-corrected chi connectivity index (χ4v) is 8.96. The molecule has 0 saturated heterocycles. The van der Waals surface area contributed by atoms with Gasteiger partial charge in [0.25, 0.3) is 0 Å². The van der Waals surface area contributed by atoms with E-state index in [2.05, 4.69) is 142 Å². The van der Waals surface area contributed by atoms with Gasteiger partial charge in [0.1, 0.15) is 7.05 Å². The van der Waals surface area contributed by atoms with Crippen LogP contribution in [0.3, 0.4) is 0 Å². The highest BCUT2D eigenvalue weighted by Gasteiger charge is 2.46. The molecule has 3 aliphatic rings. The molecule has 220 valence electrons. The quantitative estimate of drug-likeness (QED) is 0.131. The molecule has 1 saturated carbocycles. The average molecular weight is 588 g/mol. The maximum absolute atomic E-state index is 7.82. The van der Waals surface area contributed by atoms with E-state index in [1.165, 1.54) is 68.3 Å². The van der Waals surface area contributed by atoms with Crippen LogP contribution >= 0.6 is 11.6 Å². The Labute approximate surface area is 262 Å². The van der Waals surface area contributed by atoms with Gasteiger partial charge in [-0.2, -0.15) is 4.58 Å². The minimum atomic E-state index is -0.433. The Kier molecular flexibility index (Phi) is 6.67. The number of allylic oxidation sites excluding steroid dienone is 4. The summed E-state index contributed by atoms with van der Waals surface area (Å²) < 4.78 is 2.39. The molecule has 3 heteroatoms. The van der Waals surface area contributed by atoms with E-state index < -0.39 is 4.87 Å². The number of halogens is 1. The van der Waals surface area contributed by atoms with E-state index in [-0.39, 0.29) is 16.7 Å². The summed E-state index contributed by atoms with van der Waals surface area (Å²) in [5.74, 6) is 0.254. The Balaban J connectivity index is 1.28. The minimum absolute atomic E-state index is 0.107. The lowest BCUT2D eigenvalue weighted by Gasteiger charge is -2.33. The first-order chi connectivity index (χ1) is 20.5. The third kappa shape index (κ3) is 4.32. The summed E-state index contributed by atoms with van der Waals surface area (Å²) in [4.78, 5) is 2.00. The predicted molar refractivity (Wildman–Crippen MR) is 186 cm³/mol. The second kappa shape index (κ2) is 10.1. The molecule has 4 aromatic carbocycles. The topological polar surface area (TPSA) is 6.25 Å². The molecule has 2 atom stereocenters. The van der Waals surface area contributed by atoms with E-state index in [1.807, 2.05) is 0 Å². The van der Waals surface area contributed by atoms with Crippen molar-refractivity contribution < 1.29 is 4.58 Å². The van der Waals surface area contributed by atoms with Crippen LogP contribution in [0.4, 0.5) is 11.4 Å². The SMILES string of the molecule is CN1/C(=C/C2CCCCCC2(Cl)/C=C/C2=[N+](C)c3ccc4ccccc4c3C2(C)C)C(C)(C)c2c1ccc1ccccc21. The summed E-state index contributed by atoms with van der Waals surface area (Å²) in [6.45, 7) is 9.52. The zero-order chi connectivity index (χ0) is 30.1. The predicted octanol–water partition coefficient (Wildman–Crippen LogP) is 10.4. The highest BCUT2D eigenvalue weighted by atomic mass is 35.5. The molecule has 0 spiro atoms. The number of hydrogen-bond donors (Lipinski definition) is 0. The van der Waals surface area contributed by atoms with Gasteiger partial charge < -0.3 is 4.90 Å². The monoisotopic (exact) mass is 587 g/mol. The van der Waals surface area contributed by atoms with Crippen molar-refractivity contribution in [3.05, 3.63) is 108 Å². The van der Waals surface area contributed by atoms with Gasteiger partial charge in [0, 0.05) is 47.5 Å². The second-order valence-corrected chi connectivity index (χ2v) is 14.8. The third-order valence-electron chi connectivity index (χ3n) is 10.9. The number of rotatable bonds is 3. The molecule has 0 amide bonds. The van der Waals surface area contributed by atoms with Gasteiger partial charge in [-0.25, -0.2) is 0 Å². The van der Waals surface area contributed by atoms with Crippen molar-refractivity contribution in [2.45, 2.75) is 75.5 Å². The first-order valence-electron chi connectivity index (χ1n) is 16.0. The molecule has 7 rings (SSSR count). The number of nitrogens with zero attached hydrogens (tertiary/aromatic N) is 2. The Hall–Kier alpha value is -3.36. The van der Waals surface area contributed by atoms with Crippen molar-refractivity contribution >= 4 is 50.2 Å². The lowest BCUT2D eigenvalue weighted by Crippen LogP contribution is -2.32. The van der Waals surface area contributed by atoms with Gasteiger partial charge in [0.05, 0.1) is 10.3 Å². The van der Waals surface area contributed by atoms with Crippen LogP contribution in [0.5, 0.6) is 0 Å². The first-order valence-corrected chi connectivity index (χ1v) is 16.4. The Morgan fingerprint density at radius 2 is 1.44 bits per heavy atom. The van der Waals surface area contributed by atoms with Crippen LogP contribution in [0, 0.1) is 5.92 Å². The molecule has 1 fully saturated rings. The molecule has 43 heavy (non-hydrogen) atoms. The van der Waals surface area contributed by atoms with Crippen molar-refractivity contribution in [2.75, 3.05) is 19.0 Å². The largest absolute Gasteiger partial charge is 0.347 e. The van der Waals surface area contributed by atoms with Gasteiger partial charge in [-0.05, 0) is 65.9 Å². The van der Waals surface area contributed by atoms with Gasteiger partial charge >= 0.3 is 0 Å². The summed E-state index contributed by atoms with van der Waals surface area (Å²) in [5.41, 5.74) is 7.91. The van der Waals surface area contributed by atoms with Crippen molar-refractivity contribution in [3.63, 3.8) is 0 Å². The molecule has 2 heterocycles. The van der Waals surface area contributed by atoms with Crippen LogP contribution in [-0.2, 0) is 10.8 Å². The van der Waals surface area contributed by atoms with E-state index in [1.54, 1.807) is 0 Å². The van der Waals surface area contributed by atoms with Crippen LogP contribution in [0.15, 0.2) is 96.7 Å². The highest BCUT2D eigenvalue weighted by Crippen LogP contribution is 2.52. The van der Waals surface area contributed by atoms with Gasteiger partial charge in [0.15, 0.2) is 5.71 Å². The molecule has 0 N–H and O–H groups in total. The van der Waals surface area contributed by atoms with Crippen LogP contribution in [0.1, 0.15) is 70.9 Å². The Morgan fingerprint density at radius 1 is 0.791 bits per heavy atom. The number of benzene rings is 4. The van der Waals surface area contributed by atoms with Crippen LogP contribution in [-0.4, -0.2) is 29.3 Å². The van der Waals surface area contributed by atoms with Crippen molar-refractivity contribution in [2.24, 2.45) is 5.92 Å². The Morgan fingerprint density at radius 3 is 2.16 bits per heavy atom. The maximum Gasteiger partial charge on any atom is 0.210 e. The number of alkyl halides is 1. The average Bonchev–Trinajstić information content (AvgIpc) is 3.20. The van der Waals surface area contributed by atoms with E-state index >= 15 is 0 Å². The van der Waals surface area contributed by atoms with Gasteiger partial charge in [-0.3, -0.25) is 0 Å². The molecule has 2 unspecified atom stereocenters. The van der Waals surface area contributed by atoms with Crippen LogP contribution in [0.2, 0.25) is 0 Å². The number of anilines is 1. The van der Waals surface area contributed by atoms with Crippen LogP contribution < -0.4 is 4.90 Å². The molecule has 0 aromatic heterocycles. The van der Waals surface area contributed by atoms with Crippen molar-refractivity contribution in [1.82, 2.24) is 0 Å². The summed E-state index contributed by atoms with van der Waals surface area (Å²) in [6.07, 6.45) is 13.0. The smallest absolute Gasteiger partial charge is 0.210 e. The second-order valence-electron chi connectivity index (χ2n) is 14.1. The molecule has 0 bridgehead atoms. The van der Waals surface area contributed by atoms with E-state index in [0.29, 0.717) is 0 Å². The van der Waals surface area contributed by atoms with Gasteiger partial charge in [-0.15, -0.1) is 11.6 Å². The van der Waals surface area contributed by atoms with Gasteiger partial charge in [0.2, 0.25) is 5.69 Å². The summed E-state index contributed by atoms with van der Waals surface area (Å²) >= 11 is 7.82. The van der Waals surface area contributed by atoms with E-state index in [4.69, 9.17) is 11.6 Å². The van der Waals surface area contributed by atoms with E-state index in [0.717, 1.165) is 19.3 Å². The fraction of sp³-hybridized carbons (Fsp3) is 0.375. The fourth-order valence-electron chi connectivity index (χ4n) is 8.59. The van der Waals surface area contributed by atoms with Crippen molar-refractivity contribution in [1.29, 1.82) is 0 Å². The van der Waals surface area contributed by atoms with Gasteiger partial charge in [-0.1, -0.05) is 99.9 Å². The number of hydrogen-bond acceptors (Lipinski definition) is 1. The Bertz CT molecular complexity index is 1860. The first kappa shape index (κ1) is 28.4. The third-order valence-corrected chi connectivity index (χ3v) is 11.5. The molecule has 4 aromatic rings. The zero-order valence-corrected chi connectivity index (χ0v) is 27.3. The maximum atomic E-state index is 7.82. The van der Waals surface area contributed by atoms with E-state index in [9.17, 15) is 0 Å². The lowest BCUT2D eigenvalue weighted by atomic mass is 9.77. The molecule has 2 nitrogen and oxygen atoms in total. The normalized spacial score (nSPS) is 25.6. The zero-order valence-electron chi connectivity index (χ0n) is 26.5. The molecule has 1 aliphatic carbocycles. The summed E-state index contributed by atoms with van der Waals surface area (Å²) in [6, 6.07) is 26.7.